The second-order valence-corrected chi connectivity index (χ2v) is 5.88. The number of benzene rings is 1. The molecule has 114 valence electrons. The van der Waals surface area contributed by atoms with Crippen LogP contribution in [-0.4, -0.2) is 32.1 Å². The lowest BCUT2D eigenvalue weighted by Gasteiger charge is -2.11. The summed E-state index contributed by atoms with van der Waals surface area (Å²) >= 11 is 0. The summed E-state index contributed by atoms with van der Waals surface area (Å²) in [5.74, 6) is 3.36. The Balaban J connectivity index is 3.03. The fourth-order valence-corrected chi connectivity index (χ4v) is 2.56. The van der Waals surface area contributed by atoms with Crippen molar-refractivity contribution in [3.05, 3.63) is 29.6 Å². The molecule has 1 amide bonds. The van der Waals surface area contributed by atoms with Gasteiger partial charge in [-0.3, -0.25) is 4.79 Å². The molecule has 0 radical (unpaired) electrons. The maximum absolute atomic E-state index is 13.8. The van der Waals surface area contributed by atoms with Crippen molar-refractivity contribution in [2.45, 2.75) is 24.3 Å². The van der Waals surface area contributed by atoms with Crippen molar-refractivity contribution in [1.82, 2.24) is 4.72 Å². The average Bonchev–Trinajstić information content (AvgIpc) is 2.40. The van der Waals surface area contributed by atoms with Gasteiger partial charge in [0.15, 0.2) is 0 Å². The lowest BCUT2D eigenvalue weighted by atomic mass is 10.2. The summed E-state index contributed by atoms with van der Waals surface area (Å²) in [6.45, 7) is 1.14. The van der Waals surface area contributed by atoms with E-state index in [9.17, 15) is 17.6 Å². The molecule has 1 aromatic carbocycles. The van der Waals surface area contributed by atoms with Gasteiger partial charge in [0.05, 0.1) is 23.1 Å². The monoisotopic (exact) mass is 314 g/mol. The summed E-state index contributed by atoms with van der Waals surface area (Å²) < 4.78 is 39.6. The minimum atomic E-state index is -4.05. The van der Waals surface area contributed by atoms with Crippen LogP contribution in [0.4, 0.5) is 4.39 Å². The van der Waals surface area contributed by atoms with Gasteiger partial charge < -0.3 is 10.8 Å². The lowest BCUT2D eigenvalue weighted by molar-refractivity contribution is -0.119. The Kier molecular flexibility index (Phi) is 5.84. The van der Waals surface area contributed by atoms with Crippen LogP contribution in [0.2, 0.25) is 0 Å². The molecular weight excluding hydrogens is 299 g/mol. The fourth-order valence-electron chi connectivity index (χ4n) is 1.34. The van der Waals surface area contributed by atoms with E-state index in [1.54, 1.807) is 0 Å². The zero-order valence-corrected chi connectivity index (χ0v) is 12.1. The van der Waals surface area contributed by atoms with E-state index in [4.69, 9.17) is 10.8 Å². The summed E-state index contributed by atoms with van der Waals surface area (Å²) in [5, 5.41) is 8.57. The van der Waals surface area contributed by atoms with Crippen molar-refractivity contribution in [3.63, 3.8) is 0 Å². The molecule has 1 atom stereocenters. The Bertz CT molecular complexity index is 692. The van der Waals surface area contributed by atoms with Crippen molar-refractivity contribution < 1.29 is 22.7 Å². The van der Waals surface area contributed by atoms with E-state index in [1.165, 1.54) is 19.1 Å². The van der Waals surface area contributed by atoms with Gasteiger partial charge >= 0.3 is 0 Å². The SMILES string of the molecule is CC(NS(=O)(=O)c1ccc(C#CCCO)c(F)c1)C(N)=O. The van der Waals surface area contributed by atoms with Crippen molar-refractivity contribution in [2.24, 2.45) is 5.73 Å². The molecule has 1 aromatic rings. The van der Waals surface area contributed by atoms with Crippen LogP contribution in [0.25, 0.3) is 0 Å². The van der Waals surface area contributed by atoms with Gasteiger partial charge in [-0.25, -0.2) is 12.8 Å². The van der Waals surface area contributed by atoms with Gasteiger partial charge in [-0.1, -0.05) is 11.8 Å². The first kappa shape index (κ1) is 17.1. The molecule has 0 saturated carbocycles. The molecule has 8 heteroatoms. The van der Waals surface area contributed by atoms with Gasteiger partial charge in [0, 0.05) is 6.42 Å². The highest BCUT2D eigenvalue weighted by molar-refractivity contribution is 7.89. The van der Waals surface area contributed by atoms with Crippen LogP contribution < -0.4 is 10.5 Å². The zero-order valence-electron chi connectivity index (χ0n) is 11.3. The zero-order chi connectivity index (χ0) is 16.0. The van der Waals surface area contributed by atoms with Crippen LogP contribution in [0.3, 0.4) is 0 Å². The molecule has 21 heavy (non-hydrogen) atoms. The number of sulfonamides is 1. The first-order chi connectivity index (χ1) is 9.77. The van der Waals surface area contributed by atoms with E-state index in [2.05, 4.69) is 11.8 Å². The summed E-state index contributed by atoms with van der Waals surface area (Å²) in [6, 6.07) is 2.08. The van der Waals surface area contributed by atoms with E-state index < -0.39 is 27.8 Å². The van der Waals surface area contributed by atoms with Crippen LogP contribution in [0.1, 0.15) is 18.9 Å². The van der Waals surface area contributed by atoms with Gasteiger partial charge in [-0.15, -0.1) is 0 Å². The molecule has 0 aromatic heterocycles. The maximum atomic E-state index is 13.8. The Morgan fingerprint density at radius 3 is 2.71 bits per heavy atom. The molecule has 0 heterocycles. The van der Waals surface area contributed by atoms with Crippen molar-refractivity contribution in [2.75, 3.05) is 6.61 Å². The number of carbonyl (C=O) groups is 1. The Morgan fingerprint density at radius 2 is 2.19 bits per heavy atom. The quantitative estimate of drug-likeness (QED) is 0.649. The third-order valence-electron chi connectivity index (χ3n) is 2.47. The molecule has 0 spiro atoms. The smallest absolute Gasteiger partial charge is 0.241 e. The van der Waals surface area contributed by atoms with E-state index >= 15 is 0 Å². The van der Waals surface area contributed by atoms with Crippen LogP contribution in [0.15, 0.2) is 23.1 Å². The number of nitrogens with one attached hydrogen (secondary N) is 1. The molecule has 6 nitrogen and oxygen atoms in total. The van der Waals surface area contributed by atoms with Gasteiger partial charge in [0.2, 0.25) is 15.9 Å². The topological polar surface area (TPSA) is 109 Å². The third kappa shape index (κ3) is 4.82. The van der Waals surface area contributed by atoms with Crippen LogP contribution in [0.5, 0.6) is 0 Å². The van der Waals surface area contributed by atoms with Gasteiger partial charge in [-0.2, -0.15) is 4.72 Å². The number of nitrogens with two attached hydrogens (primary N) is 1. The summed E-state index contributed by atoms with van der Waals surface area (Å²) in [5.41, 5.74) is 4.98. The lowest BCUT2D eigenvalue weighted by Crippen LogP contribution is -2.42. The first-order valence-electron chi connectivity index (χ1n) is 5.99. The highest BCUT2D eigenvalue weighted by atomic mass is 32.2. The molecule has 1 unspecified atom stereocenters. The van der Waals surface area contributed by atoms with Crippen molar-refractivity contribution >= 4 is 15.9 Å². The second-order valence-electron chi connectivity index (χ2n) is 4.16. The Labute approximate surface area is 122 Å². The number of hydrogen-bond acceptors (Lipinski definition) is 4. The van der Waals surface area contributed by atoms with Gasteiger partial charge in [0.25, 0.3) is 0 Å². The summed E-state index contributed by atoms with van der Waals surface area (Å²) in [7, 11) is -4.05. The number of hydrogen-bond donors (Lipinski definition) is 3. The number of halogens is 1. The highest BCUT2D eigenvalue weighted by Gasteiger charge is 2.21. The Hall–Kier alpha value is -1.95. The predicted octanol–water partition coefficient (Wildman–Crippen LogP) is -0.288. The third-order valence-corrected chi connectivity index (χ3v) is 4.01. The molecule has 1 rings (SSSR count). The van der Waals surface area contributed by atoms with Crippen molar-refractivity contribution in [1.29, 1.82) is 0 Å². The minimum absolute atomic E-state index is 0.0188. The van der Waals surface area contributed by atoms with E-state index in [0.717, 1.165) is 6.07 Å². The van der Waals surface area contributed by atoms with Crippen molar-refractivity contribution in [3.8, 4) is 11.8 Å². The number of rotatable bonds is 5. The van der Waals surface area contributed by atoms with E-state index in [-0.39, 0.29) is 23.5 Å². The molecule has 4 N–H and O–H groups in total. The largest absolute Gasteiger partial charge is 0.395 e. The molecule has 0 aliphatic carbocycles. The van der Waals surface area contributed by atoms with E-state index in [0.29, 0.717) is 0 Å². The predicted molar refractivity (Wildman–Crippen MR) is 74.0 cm³/mol. The number of amides is 1. The standard InChI is InChI=1S/C13H15FN2O4S/c1-9(13(15)18)16-21(19,20)11-6-5-10(12(14)8-11)4-2-3-7-17/h5-6,8-9,16-17H,3,7H2,1H3,(H2,15,18). The fraction of sp³-hybridized carbons (Fsp3) is 0.308. The average molecular weight is 314 g/mol. The number of aliphatic hydroxyl groups excluding tert-OH is 1. The number of carbonyl (C=O) groups excluding carboxylic acids is 1. The summed E-state index contributed by atoms with van der Waals surface area (Å²) in [4.78, 5) is 10.5. The first-order valence-corrected chi connectivity index (χ1v) is 7.47. The van der Waals surface area contributed by atoms with Crippen LogP contribution in [0, 0.1) is 17.7 Å². The van der Waals surface area contributed by atoms with Gasteiger partial charge in [-0.05, 0) is 25.1 Å². The molecule has 0 aliphatic rings. The molecule has 0 bridgehead atoms. The second kappa shape index (κ2) is 7.17. The molecule has 0 saturated heterocycles. The van der Waals surface area contributed by atoms with Gasteiger partial charge in [0.1, 0.15) is 5.82 Å². The molecule has 0 fully saturated rings. The van der Waals surface area contributed by atoms with Crippen LogP contribution >= 0.6 is 0 Å². The molecular formula is C13H15FN2O4S. The minimum Gasteiger partial charge on any atom is -0.395 e. The maximum Gasteiger partial charge on any atom is 0.241 e. The number of aliphatic hydroxyl groups is 1. The normalized spacial score (nSPS) is 12.3. The van der Waals surface area contributed by atoms with Crippen LogP contribution in [-0.2, 0) is 14.8 Å². The Morgan fingerprint density at radius 1 is 1.52 bits per heavy atom. The highest BCUT2D eigenvalue weighted by Crippen LogP contribution is 2.14. The summed E-state index contributed by atoms with van der Waals surface area (Å²) in [6.07, 6.45) is 0.192. The van der Waals surface area contributed by atoms with E-state index in [1.807, 2.05) is 4.72 Å². The number of primary amides is 1. The molecule has 0 aliphatic heterocycles.